The Bertz CT molecular complexity index is 1670. The van der Waals surface area contributed by atoms with Crippen LogP contribution in [0.3, 0.4) is 0 Å². The van der Waals surface area contributed by atoms with Crippen LogP contribution in [0.5, 0.6) is 0 Å². The maximum absolute atomic E-state index is 12.5. The van der Waals surface area contributed by atoms with Gasteiger partial charge in [0.2, 0.25) is 11.8 Å². The van der Waals surface area contributed by atoms with E-state index in [2.05, 4.69) is 15.6 Å². The van der Waals surface area contributed by atoms with Gasteiger partial charge in [-0.25, -0.2) is 18.0 Å². The minimum atomic E-state index is -3.80. The Kier molecular flexibility index (Phi) is 8.21. The van der Waals surface area contributed by atoms with Crippen LogP contribution in [0.25, 0.3) is 0 Å². The van der Waals surface area contributed by atoms with Gasteiger partial charge in [0.15, 0.2) is 15.9 Å². The predicted octanol–water partition coefficient (Wildman–Crippen LogP) is -0.902. The number of carbonyl (C=O) groups is 5. The molecule has 1 aromatic heterocycles. The minimum Gasteiger partial charge on any atom is -0.480 e. The van der Waals surface area contributed by atoms with E-state index in [1.807, 2.05) is 6.07 Å². The van der Waals surface area contributed by atoms with Gasteiger partial charge in [0, 0.05) is 11.9 Å². The number of benzene rings is 1. The van der Waals surface area contributed by atoms with Gasteiger partial charge in [0.25, 0.3) is 5.91 Å². The van der Waals surface area contributed by atoms with Crippen molar-refractivity contribution >= 4 is 62.9 Å². The van der Waals surface area contributed by atoms with E-state index in [4.69, 9.17) is 17.3 Å². The maximum atomic E-state index is 12.5. The van der Waals surface area contributed by atoms with Crippen molar-refractivity contribution in [1.82, 2.24) is 30.1 Å². The summed E-state index contributed by atoms with van der Waals surface area (Å²) in [5.74, 6) is -3.76. The van der Waals surface area contributed by atoms with Crippen molar-refractivity contribution in [3.8, 4) is 0 Å². The van der Waals surface area contributed by atoms with E-state index in [1.54, 1.807) is 24.3 Å². The molecule has 0 bridgehead atoms. The van der Waals surface area contributed by atoms with Crippen LogP contribution >= 0.6 is 23.4 Å². The molecule has 5 N–H and O–H groups in total. The molecule has 234 valence electrons. The van der Waals surface area contributed by atoms with Crippen molar-refractivity contribution in [2.45, 2.75) is 53.5 Å². The van der Waals surface area contributed by atoms with Crippen molar-refractivity contribution in [2.24, 2.45) is 5.73 Å². The fourth-order valence-electron chi connectivity index (χ4n) is 5.56. The molecule has 0 aliphatic carbocycles. The third-order valence-electron chi connectivity index (χ3n) is 7.86. The lowest BCUT2D eigenvalue weighted by atomic mass is 9.96. The molecule has 0 spiro atoms. The summed E-state index contributed by atoms with van der Waals surface area (Å²) in [6.07, 6.45) is 2.68. The number of hydrogen-bond donors (Lipinski definition) is 4. The third-order valence-corrected chi connectivity index (χ3v) is 12.4. The number of nitrogens with two attached hydrogens (primary N) is 1. The molecule has 16 nitrogen and oxygen atoms in total. The van der Waals surface area contributed by atoms with Crippen molar-refractivity contribution in [3.05, 3.63) is 59.0 Å². The summed E-state index contributed by atoms with van der Waals surface area (Å²) < 4.78 is 24.7. The first-order valence-corrected chi connectivity index (χ1v) is 16.0. The highest BCUT2D eigenvalue weighted by atomic mass is 35.5. The Morgan fingerprint density at radius 2 is 1.91 bits per heavy atom. The number of nitrogens with one attached hydrogen (secondary N) is 1. The molecule has 0 saturated carbocycles. The highest BCUT2D eigenvalue weighted by Gasteiger charge is 2.70. The predicted molar refractivity (Wildman–Crippen MR) is 153 cm³/mol. The van der Waals surface area contributed by atoms with E-state index in [0.717, 1.165) is 9.80 Å². The zero-order valence-electron chi connectivity index (χ0n) is 22.8. The second-order valence-electron chi connectivity index (χ2n) is 10.5. The zero-order valence-corrected chi connectivity index (χ0v) is 25.2. The van der Waals surface area contributed by atoms with Gasteiger partial charge in [-0.15, -0.1) is 16.9 Å². The first kappa shape index (κ1) is 31.4. The maximum Gasteiger partial charge on any atom is 0.353 e. The van der Waals surface area contributed by atoms with Crippen LogP contribution in [0.4, 0.5) is 0 Å². The number of amides is 3. The standard InChI is InChI=1S/C15H14ClN3O4S.C10H12N4O5S/c16-8-6-24-14-10(13(21)19(14)11(8)15(22)23)18-12(20)9(17)7-4-2-1-3-5-7;1-10(5-13-3-2-11-12-13)8(9(16)17)14-6(15)4-7(14)20(10,18)19/h1-5,9-10,14H,6,17H2,(H,18,20)(H,22,23);2-3,7-8H,4-5H2,1H3,(H,16,17)/t9-,10-,14-;7-,8+,10+/m11/s1. The highest BCUT2D eigenvalue weighted by molar-refractivity contribution is 8.00. The molecule has 3 fully saturated rings. The number of carbonyl (C=O) groups excluding carboxylic acids is 3. The Labute approximate surface area is 259 Å². The number of nitrogens with zero attached hydrogens (tertiary/aromatic N) is 5. The first-order valence-electron chi connectivity index (χ1n) is 13.0. The largest absolute Gasteiger partial charge is 0.480 e. The number of carboxylic acids is 2. The van der Waals surface area contributed by atoms with Crippen molar-refractivity contribution in [1.29, 1.82) is 0 Å². The molecule has 44 heavy (non-hydrogen) atoms. The molecule has 6 rings (SSSR count). The number of carboxylic acid groups (broad SMARTS) is 2. The molecule has 3 amide bonds. The fraction of sp³-hybridized carbons (Fsp3) is 0.400. The van der Waals surface area contributed by atoms with Gasteiger partial charge in [-0.2, -0.15) is 0 Å². The summed E-state index contributed by atoms with van der Waals surface area (Å²) >= 11 is 7.20. The van der Waals surface area contributed by atoms with Gasteiger partial charge in [-0.05, 0) is 12.5 Å². The van der Waals surface area contributed by atoms with E-state index < -0.39 is 73.1 Å². The molecular formula is C25H26ClN7O9S2. The molecule has 0 radical (unpaired) electrons. The lowest BCUT2D eigenvalue weighted by molar-refractivity contribution is -0.157. The number of β-lactam (4-membered cyclic amide) rings is 2. The SMILES string of the molecule is C[C@]1(Cn2ccnn2)[C@H](C(=O)O)N2C(=O)C[C@H]2S1(=O)=O.N[C@@H](C(=O)N[C@@H]1C(=O)N2C(C(=O)O)=C(Cl)CS[C@H]12)c1ccccc1. The lowest BCUT2D eigenvalue weighted by Gasteiger charge is -2.48. The van der Waals surface area contributed by atoms with Crippen LogP contribution in [-0.4, -0.2) is 106 Å². The molecule has 0 unspecified atom stereocenters. The summed E-state index contributed by atoms with van der Waals surface area (Å²) in [6.45, 7) is 1.18. The number of halogens is 1. The van der Waals surface area contributed by atoms with Crippen molar-refractivity contribution in [2.75, 3.05) is 5.75 Å². The van der Waals surface area contributed by atoms with Crippen LogP contribution < -0.4 is 11.1 Å². The Morgan fingerprint density at radius 3 is 2.48 bits per heavy atom. The second kappa shape index (κ2) is 11.5. The molecule has 4 aliphatic heterocycles. The van der Waals surface area contributed by atoms with E-state index in [0.29, 0.717) is 5.56 Å². The van der Waals surface area contributed by atoms with Crippen molar-refractivity contribution < 1.29 is 42.6 Å². The number of aromatic nitrogens is 3. The number of hydrogen-bond acceptors (Lipinski definition) is 11. The second-order valence-corrected chi connectivity index (χ2v) is 14.6. The molecule has 5 heterocycles. The lowest BCUT2D eigenvalue weighted by Crippen LogP contribution is -2.70. The number of sulfone groups is 1. The van der Waals surface area contributed by atoms with Crippen LogP contribution in [0.1, 0.15) is 24.9 Å². The third kappa shape index (κ3) is 5.00. The molecule has 6 atom stereocenters. The van der Waals surface area contributed by atoms with Gasteiger partial charge < -0.3 is 26.2 Å². The van der Waals surface area contributed by atoms with Crippen molar-refractivity contribution in [3.63, 3.8) is 0 Å². The van der Waals surface area contributed by atoms with E-state index in [1.165, 1.54) is 35.8 Å². The molecule has 4 aliphatic rings. The molecule has 3 saturated heterocycles. The Balaban J connectivity index is 0.000000177. The number of thioether (sulfide) groups is 1. The summed E-state index contributed by atoms with van der Waals surface area (Å²) in [7, 11) is -3.80. The smallest absolute Gasteiger partial charge is 0.353 e. The number of aliphatic carboxylic acids is 2. The molecule has 2 aromatic rings. The number of fused-ring (bicyclic) bond motifs is 2. The van der Waals surface area contributed by atoms with Gasteiger partial charge in [0.05, 0.1) is 24.2 Å². The summed E-state index contributed by atoms with van der Waals surface area (Å²) in [5.41, 5.74) is 6.32. The average Bonchev–Trinajstić information content (AvgIpc) is 3.53. The zero-order chi connectivity index (χ0) is 32.1. The summed E-state index contributed by atoms with van der Waals surface area (Å²) in [4.78, 5) is 60.9. The van der Waals surface area contributed by atoms with Crippen LogP contribution in [0.15, 0.2) is 53.5 Å². The van der Waals surface area contributed by atoms with Crippen LogP contribution in [-0.2, 0) is 40.4 Å². The topological polar surface area (TPSA) is 235 Å². The van der Waals surface area contributed by atoms with Crippen LogP contribution in [0, 0.1) is 0 Å². The molecular weight excluding hydrogens is 642 g/mol. The average molecular weight is 668 g/mol. The number of rotatable bonds is 7. The van der Waals surface area contributed by atoms with Crippen LogP contribution in [0.2, 0.25) is 0 Å². The van der Waals surface area contributed by atoms with E-state index in [9.17, 15) is 42.6 Å². The Morgan fingerprint density at radius 1 is 1.23 bits per heavy atom. The van der Waals surface area contributed by atoms with Gasteiger partial charge in [-0.1, -0.05) is 47.1 Å². The monoisotopic (exact) mass is 667 g/mol. The summed E-state index contributed by atoms with van der Waals surface area (Å²) in [6, 6.07) is 5.67. The van der Waals surface area contributed by atoms with E-state index >= 15 is 0 Å². The summed E-state index contributed by atoms with van der Waals surface area (Å²) in [5, 5.41) is 27.0. The van der Waals surface area contributed by atoms with Gasteiger partial charge in [0.1, 0.15) is 33.3 Å². The Hall–Kier alpha value is -4.00. The first-order chi connectivity index (χ1) is 20.7. The highest BCUT2D eigenvalue weighted by Crippen LogP contribution is 2.47. The van der Waals surface area contributed by atoms with Gasteiger partial charge >= 0.3 is 11.9 Å². The quantitative estimate of drug-likeness (QED) is 0.262. The molecule has 1 aromatic carbocycles. The fourth-order valence-corrected chi connectivity index (χ4v) is 9.47. The minimum absolute atomic E-state index is 0.114. The normalized spacial score (nSPS) is 28.9. The van der Waals surface area contributed by atoms with E-state index in [-0.39, 0.29) is 29.4 Å². The molecule has 19 heteroatoms. The van der Waals surface area contributed by atoms with Gasteiger partial charge in [-0.3, -0.25) is 24.0 Å².